The number of fused-ring (bicyclic) bond motifs is 2. The van der Waals surface area contributed by atoms with Crippen molar-refractivity contribution in [1.29, 1.82) is 0 Å². The zero-order valence-electron chi connectivity index (χ0n) is 19.5. The number of H-pyrrole nitrogens is 1. The summed E-state index contributed by atoms with van der Waals surface area (Å²) in [5, 5.41) is 1.71. The molecule has 1 aliphatic rings. The van der Waals surface area contributed by atoms with Gasteiger partial charge in [0.15, 0.2) is 5.75 Å². The molecule has 0 radical (unpaired) electrons. The lowest BCUT2D eigenvalue weighted by atomic mass is 10.1. The number of likely N-dealkylation sites (N-methyl/N-ethyl adjacent to an activating group) is 1. The van der Waals surface area contributed by atoms with Gasteiger partial charge in [-0.3, -0.25) is 4.79 Å². The van der Waals surface area contributed by atoms with Gasteiger partial charge in [0.25, 0.3) is 5.56 Å². The van der Waals surface area contributed by atoms with E-state index in [1.807, 2.05) is 19.2 Å². The van der Waals surface area contributed by atoms with Crippen LogP contribution in [0.4, 0.5) is 18.9 Å². The third-order valence-electron chi connectivity index (χ3n) is 6.28. The second-order valence-electron chi connectivity index (χ2n) is 8.73. The molecule has 36 heavy (non-hydrogen) atoms. The highest BCUT2D eigenvalue weighted by molar-refractivity contribution is 7.88. The number of aromatic nitrogens is 3. The van der Waals surface area contributed by atoms with E-state index in [0.717, 1.165) is 43.2 Å². The van der Waals surface area contributed by atoms with Gasteiger partial charge in [-0.05, 0) is 43.1 Å². The summed E-state index contributed by atoms with van der Waals surface area (Å²) in [4.78, 5) is 25.4. The molecule has 1 saturated heterocycles. The molecule has 14 heteroatoms. The summed E-state index contributed by atoms with van der Waals surface area (Å²) in [6, 6.07) is 5.48. The van der Waals surface area contributed by atoms with Gasteiger partial charge in [-0.25, -0.2) is 4.98 Å². The van der Waals surface area contributed by atoms with E-state index in [-0.39, 0.29) is 16.0 Å². The van der Waals surface area contributed by atoms with Crippen molar-refractivity contribution in [3.05, 3.63) is 39.5 Å². The molecule has 4 aromatic rings. The van der Waals surface area contributed by atoms with Crippen molar-refractivity contribution in [1.82, 2.24) is 19.4 Å². The summed E-state index contributed by atoms with van der Waals surface area (Å²) in [5.41, 5.74) is -4.39. The number of pyridine rings is 1. The number of hydrogen-bond donors (Lipinski definition) is 1. The van der Waals surface area contributed by atoms with Crippen LogP contribution in [0.2, 0.25) is 0 Å². The number of piperazine rings is 1. The van der Waals surface area contributed by atoms with Gasteiger partial charge in [0.2, 0.25) is 0 Å². The summed E-state index contributed by atoms with van der Waals surface area (Å²) in [7, 11) is -2.54. The van der Waals surface area contributed by atoms with E-state index in [1.165, 1.54) is 11.6 Å². The number of aryl methyl sites for hydroxylation is 2. The van der Waals surface area contributed by atoms with Crippen molar-refractivity contribution >= 4 is 48.4 Å². The van der Waals surface area contributed by atoms with Crippen molar-refractivity contribution in [2.24, 2.45) is 7.05 Å². The first-order valence-corrected chi connectivity index (χ1v) is 13.2. The van der Waals surface area contributed by atoms with E-state index in [1.54, 1.807) is 18.4 Å². The minimum atomic E-state index is -6.05. The standard InChI is InChI=1S/C22H22F3N5O4S2/c1-12-11-35-21-16(12)18(34-36(32,33)22(23,24)25)17(20(31)29(21)3)19-26-14-5-4-13(10-15(14)27-19)30-8-6-28(2)7-9-30/h4-5,10-11H,6-9H2,1-3H3,(H,26,27). The number of nitrogens with one attached hydrogen (secondary N) is 1. The maximum atomic E-state index is 13.3. The van der Waals surface area contributed by atoms with Crippen molar-refractivity contribution in [3.63, 3.8) is 0 Å². The number of thiophene rings is 1. The highest BCUT2D eigenvalue weighted by Crippen LogP contribution is 2.41. The summed E-state index contributed by atoms with van der Waals surface area (Å²) < 4.78 is 69.6. The van der Waals surface area contributed by atoms with Crippen LogP contribution >= 0.6 is 11.3 Å². The summed E-state index contributed by atoms with van der Waals surface area (Å²) in [5.74, 6) is -0.775. The highest BCUT2D eigenvalue weighted by Gasteiger charge is 2.49. The topological polar surface area (TPSA) is 101 Å². The van der Waals surface area contributed by atoms with Crippen LogP contribution < -0.4 is 14.6 Å². The maximum Gasteiger partial charge on any atom is 0.534 e. The van der Waals surface area contributed by atoms with Crippen molar-refractivity contribution in [2.45, 2.75) is 12.4 Å². The molecule has 0 bridgehead atoms. The monoisotopic (exact) mass is 541 g/mol. The first kappa shape index (κ1) is 24.6. The molecule has 0 amide bonds. The van der Waals surface area contributed by atoms with Crippen LogP contribution in [0.15, 0.2) is 28.4 Å². The van der Waals surface area contributed by atoms with Crippen molar-refractivity contribution in [2.75, 3.05) is 38.1 Å². The molecule has 0 unspecified atom stereocenters. The molecule has 5 rings (SSSR count). The largest absolute Gasteiger partial charge is 0.534 e. The number of benzene rings is 1. The molecule has 9 nitrogen and oxygen atoms in total. The van der Waals surface area contributed by atoms with Gasteiger partial charge in [-0.15, -0.1) is 11.3 Å². The van der Waals surface area contributed by atoms with E-state index in [0.29, 0.717) is 16.6 Å². The van der Waals surface area contributed by atoms with Crippen LogP contribution in [0.5, 0.6) is 5.75 Å². The van der Waals surface area contributed by atoms with Crippen LogP contribution in [0.1, 0.15) is 5.56 Å². The zero-order valence-corrected chi connectivity index (χ0v) is 21.1. The number of nitrogens with zero attached hydrogens (tertiary/aromatic N) is 4. The third-order valence-corrected chi connectivity index (χ3v) is 8.41. The van der Waals surface area contributed by atoms with E-state index >= 15 is 0 Å². The lowest BCUT2D eigenvalue weighted by Gasteiger charge is -2.34. The second kappa shape index (κ2) is 8.49. The zero-order chi connectivity index (χ0) is 26.0. The van der Waals surface area contributed by atoms with E-state index in [2.05, 4.69) is 24.0 Å². The summed E-state index contributed by atoms with van der Waals surface area (Å²) >= 11 is 1.10. The molecule has 0 spiro atoms. The third kappa shape index (κ3) is 4.02. The van der Waals surface area contributed by atoms with Gasteiger partial charge < -0.3 is 23.5 Å². The molecule has 1 N–H and O–H groups in total. The van der Waals surface area contributed by atoms with Gasteiger partial charge in [-0.1, -0.05) is 0 Å². The molecule has 0 saturated carbocycles. The van der Waals surface area contributed by atoms with Crippen molar-refractivity contribution < 1.29 is 25.8 Å². The fourth-order valence-electron chi connectivity index (χ4n) is 4.26. The van der Waals surface area contributed by atoms with Crippen LogP contribution in [0, 0.1) is 6.92 Å². The molecular weight excluding hydrogens is 519 g/mol. The smallest absolute Gasteiger partial charge is 0.374 e. The Bertz CT molecular complexity index is 1650. The lowest BCUT2D eigenvalue weighted by molar-refractivity contribution is -0.0499. The predicted octanol–water partition coefficient (Wildman–Crippen LogP) is 3.43. The number of imidazole rings is 1. The average molecular weight is 542 g/mol. The molecule has 0 atom stereocenters. The van der Waals surface area contributed by atoms with Gasteiger partial charge in [0.05, 0.1) is 16.4 Å². The van der Waals surface area contributed by atoms with Crippen LogP contribution in [0.3, 0.4) is 0 Å². The van der Waals surface area contributed by atoms with Crippen LogP contribution in [-0.2, 0) is 17.2 Å². The Morgan fingerprint density at radius 1 is 1.14 bits per heavy atom. The fraction of sp³-hybridized carbons (Fsp3) is 0.364. The predicted molar refractivity (Wildman–Crippen MR) is 132 cm³/mol. The molecule has 1 aromatic carbocycles. The maximum absolute atomic E-state index is 13.3. The first-order valence-electron chi connectivity index (χ1n) is 10.9. The van der Waals surface area contributed by atoms with Gasteiger partial charge >= 0.3 is 15.6 Å². The fourth-order valence-corrected chi connectivity index (χ4v) is 5.76. The van der Waals surface area contributed by atoms with Gasteiger partial charge in [0, 0.05) is 38.9 Å². The van der Waals surface area contributed by atoms with E-state index < -0.39 is 32.5 Å². The Labute approximate surface area is 207 Å². The first-order chi connectivity index (χ1) is 16.9. The molecular formula is C22H22F3N5O4S2. The lowest BCUT2D eigenvalue weighted by Crippen LogP contribution is -2.44. The molecule has 3 aromatic heterocycles. The van der Waals surface area contributed by atoms with Gasteiger partial charge in [-0.2, -0.15) is 21.6 Å². The normalized spacial score (nSPS) is 15.8. The van der Waals surface area contributed by atoms with E-state index in [9.17, 15) is 26.4 Å². The van der Waals surface area contributed by atoms with E-state index in [4.69, 9.17) is 0 Å². The van der Waals surface area contributed by atoms with Crippen LogP contribution in [-0.4, -0.2) is 66.6 Å². The Hall–Kier alpha value is -3.10. The second-order valence-corrected chi connectivity index (χ2v) is 11.1. The number of alkyl halides is 3. The number of aromatic amines is 1. The minimum Gasteiger partial charge on any atom is -0.374 e. The SMILES string of the molecule is Cc1csc2c1c(OS(=O)(=O)C(F)(F)F)c(-c1nc3ccc(N4CCN(C)CC4)cc3[nH]1)c(=O)n2C. The Morgan fingerprint density at radius 2 is 1.83 bits per heavy atom. The van der Waals surface area contributed by atoms with Crippen LogP contribution in [0.25, 0.3) is 32.6 Å². The minimum absolute atomic E-state index is 0.0824. The van der Waals surface area contributed by atoms with Crippen molar-refractivity contribution in [3.8, 4) is 17.1 Å². The quantitative estimate of drug-likeness (QED) is 0.312. The molecule has 1 fully saturated rings. The average Bonchev–Trinajstić information content (AvgIpc) is 3.40. The molecule has 192 valence electrons. The number of anilines is 1. The summed E-state index contributed by atoms with van der Waals surface area (Å²) in [6.07, 6.45) is 0. The molecule has 0 aliphatic carbocycles. The highest BCUT2D eigenvalue weighted by atomic mass is 32.2. The molecule has 1 aliphatic heterocycles. The number of rotatable bonds is 4. The van der Waals surface area contributed by atoms with Gasteiger partial charge in [0.1, 0.15) is 16.2 Å². The number of halogens is 3. The Kier molecular flexibility index (Phi) is 5.80. The summed E-state index contributed by atoms with van der Waals surface area (Å²) in [6.45, 7) is 5.05. The Morgan fingerprint density at radius 3 is 2.50 bits per heavy atom. The number of hydrogen-bond acceptors (Lipinski definition) is 8. The molecule has 4 heterocycles. The Balaban J connectivity index is 1.70.